The van der Waals surface area contributed by atoms with Gasteiger partial charge in [-0.25, -0.2) is 0 Å². The summed E-state index contributed by atoms with van der Waals surface area (Å²) in [5.74, 6) is 2.70. The third-order valence-electron chi connectivity index (χ3n) is 3.92. The van der Waals surface area contributed by atoms with Gasteiger partial charge in [0.1, 0.15) is 19.0 Å². The van der Waals surface area contributed by atoms with Gasteiger partial charge in [-0.05, 0) is 48.4 Å². The summed E-state index contributed by atoms with van der Waals surface area (Å²) in [6.45, 7) is 1.82. The summed E-state index contributed by atoms with van der Waals surface area (Å²) in [6, 6.07) is 14.3. The average molecular weight is 299 g/mol. The minimum atomic E-state index is 0.218. The molecule has 0 radical (unpaired) electrons. The Morgan fingerprint density at radius 2 is 1.82 bits per heavy atom. The van der Waals surface area contributed by atoms with E-state index in [1.807, 2.05) is 18.2 Å². The van der Waals surface area contributed by atoms with Crippen molar-refractivity contribution in [1.82, 2.24) is 0 Å². The van der Waals surface area contributed by atoms with Gasteiger partial charge >= 0.3 is 0 Å². The monoisotopic (exact) mass is 299 g/mol. The van der Waals surface area contributed by atoms with E-state index in [0.717, 1.165) is 23.7 Å². The van der Waals surface area contributed by atoms with Gasteiger partial charge in [-0.1, -0.05) is 18.2 Å². The second-order valence-electron chi connectivity index (χ2n) is 5.31. The molecule has 1 unspecified atom stereocenters. The van der Waals surface area contributed by atoms with Crippen LogP contribution in [0.3, 0.4) is 0 Å². The number of hydrogen-bond donors (Lipinski definition) is 1. The second kappa shape index (κ2) is 6.71. The Balaban J connectivity index is 1.96. The molecule has 3 rings (SSSR count). The van der Waals surface area contributed by atoms with Crippen LogP contribution in [0, 0.1) is 0 Å². The first-order valence-corrected chi connectivity index (χ1v) is 7.55. The molecule has 1 aliphatic rings. The van der Waals surface area contributed by atoms with Gasteiger partial charge < -0.3 is 19.9 Å². The van der Waals surface area contributed by atoms with Gasteiger partial charge in [0.05, 0.1) is 7.11 Å². The van der Waals surface area contributed by atoms with Crippen LogP contribution in [0.5, 0.6) is 17.2 Å². The molecular formula is C18H21NO3. The van der Waals surface area contributed by atoms with Gasteiger partial charge in [-0.3, -0.25) is 0 Å². The van der Waals surface area contributed by atoms with Crippen molar-refractivity contribution in [2.45, 2.75) is 12.3 Å². The molecule has 0 aliphatic carbocycles. The second-order valence-corrected chi connectivity index (χ2v) is 5.31. The number of fused-ring (bicyclic) bond motifs is 1. The van der Waals surface area contributed by atoms with Crippen LogP contribution in [-0.4, -0.2) is 26.9 Å². The zero-order chi connectivity index (χ0) is 15.4. The Hall–Kier alpha value is -2.20. The lowest BCUT2D eigenvalue weighted by Crippen LogP contribution is -2.16. The maximum atomic E-state index is 5.83. The number of methoxy groups -OCH3 is 1. The summed E-state index contributed by atoms with van der Waals surface area (Å²) < 4.78 is 16.6. The molecule has 2 aromatic carbocycles. The summed E-state index contributed by atoms with van der Waals surface area (Å²) in [5, 5.41) is 0. The highest BCUT2D eigenvalue weighted by atomic mass is 16.6. The van der Waals surface area contributed by atoms with E-state index < -0.39 is 0 Å². The van der Waals surface area contributed by atoms with E-state index in [1.165, 1.54) is 11.1 Å². The van der Waals surface area contributed by atoms with Crippen molar-refractivity contribution in [1.29, 1.82) is 0 Å². The summed E-state index contributed by atoms with van der Waals surface area (Å²) in [7, 11) is 1.68. The van der Waals surface area contributed by atoms with Crippen molar-refractivity contribution in [3.63, 3.8) is 0 Å². The molecule has 0 saturated heterocycles. The Morgan fingerprint density at radius 3 is 2.59 bits per heavy atom. The summed E-state index contributed by atoms with van der Waals surface area (Å²) in [5.41, 5.74) is 8.20. The van der Waals surface area contributed by atoms with E-state index in [0.29, 0.717) is 19.8 Å². The van der Waals surface area contributed by atoms with Crippen LogP contribution in [-0.2, 0) is 0 Å². The predicted octanol–water partition coefficient (Wildman–Crippen LogP) is 2.95. The molecule has 2 aromatic rings. The molecule has 1 heterocycles. The maximum absolute atomic E-state index is 5.83. The topological polar surface area (TPSA) is 53.7 Å². The number of rotatable bonds is 5. The number of benzene rings is 2. The van der Waals surface area contributed by atoms with Crippen LogP contribution in [0.4, 0.5) is 0 Å². The molecule has 22 heavy (non-hydrogen) atoms. The van der Waals surface area contributed by atoms with Crippen LogP contribution in [0.25, 0.3) is 0 Å². The van der Waals surface area contributed by atoms with E-state index in [9.17, 15) is 0 Å². The lowest BCUT2D eigenvalue weighted by atomic mass is 9.88. The lowest BCUT2D eigenvalue weighted by molar-refractivity contribution is 0.171. The fraction of sp³-hybridized carbons (Fsp3) is 0.333. The number of hydrogen-bond acceptors (Lipinski definition) is 4. The molecule has 0 saturated carbocycles. The van der Waals surface area contributed by atoms with E-state index >= 15 is 0 Å². The Kier molecular flexibility index (Phi) is 4.49. The maximum Gasteiger partial charge on any atom is 0.161 e. The predicted molar refractivity (Wildman–Crippen MR) is 85.9 cm³/mol. The normalized spacial score (nSPS) is 14.5. The molecule has 0 amide bonds. The van der Waals surface area contributed by atoms with Gasteiger partial charge in [0.15, 0.2) is 11.5 Å². The first-order chi connectivity index (χ1) is 10.8. The van der Waals surface area contributed by atoms with E-state index in [4.69, 9.17) is 19.9 Å². The zero-order valence-electron chi connectivity index (χ0n) is 12.7. The van der Waals surface area contributed by atoms with Crippen molar-refractivity contribution in [2.24, 2.45) is 5.73 Å². The van der Waals surface area contributed by atoms with Crippen molar-refractivity contribution >= 4 is 0 Å². The van der Waals surface area contributed by atoms with E-state index in [2.05, 4.69) is 24.3 Å². The third kappa shape index (κ3) is 3.02. The highest BCUT2D eigenvalue weighted by Gasteiger charge is 2.18. The molecule has 0 spiro atoms. The van der Waals surface area contributed by atoms with E-state index in [1.54, 1.807) is 7.11 Å². The number of nitrogens with two attached hydrogens (primary N) is 1. The van der Waals surface area contributed by atoms with Gasteiger partial charge in [-0.2, -0.15) is 0 Å². The first-order valence-electron chi connectivity index (χ1n) is 7.55. The Bertz CT molecular complexity index is 642. The van der Waals surface area contributed by atoms with Crippen LogP contribution in [0.2, 0.25) is 0 Å². The smallest absolute Gasteiger partial charge is 0.161 e. The number of ether oxygens (including phenoxy) is 3. The van der Waals surface area contributed by atoms with Crippen molar-refractivity contribution in [3.8, 4) is 17.2 Å². The van der Waals surface area contributed by atoms with Crippen LogP contribution >= 0.6 is 0 Å². The lowest BCUT2D eigenvalue weighted by Gasteiger charge is -2.22. The molecule has 4 heteroatoms. The largest absolute Gasteiger partial charge is 0.497 e. The molecule has 4 nitrogen and oxygen atoms in total. The SMILES string of the molecule is COc1cccc(C(CCN)c2ccc3c(c2)OCCO3)c1. The molecule has 0 aromatic heterocycles. The fourth-order valence-electron chi connectivity index (χ4n) is 2.83. The first kappa shape index (κ1) is 14.7. The van der Waals surface area contributed by atoms with Gasteiger partial charge in [0, 0.05) is 5.92 Å². The third-order valence-corrected chi connectivity index (χ3v) is 3.92. The highest BCUT2D eigenvalue weighted by molar-refractivity contribution is 5.47. The molecule has 0 bridgehead atoms. The Labute approximate surface area is 130 Å². The molecule has 1 aliphatic heterocycles. The van der Waals surface area contributed by atoms with E-state index in [-0.39, 0.29) is 5.92 Å². The molecule has 116 valence electrons. The molecule has 0 fully saturated rings. The van der Waals surface area contributed by atoms with Crippen molar-refractivity contribution < 1.29 is 14.2 Å². The summed E-state index contributed by atoms with van der Waals surface area (Å²) in [6.07, 6.45) is 0.868. The molecule has 2 N–H and O–H groups in total. The molecule has 1 atom stereocenters. The summed E-state index contributed by atoms with van der Waals surface area (Å²) in [4.78, 5) is 0. The Morgan fingerprint density at radius 1 is 1.05 bits per heavy atom. The van der Waals surface area contributed by atoms with Gasteiger partial charge in [-0.15, -0.1) is 0 Å². The zero-order valence-corrected chi connectivity index (χ0v) is 12.7. The minimum Gasteiger partial charge on any atom is -0.497 e. The fourth-order valence-corrected chi connectivity index (χ4v) is 2.83. The van der Waals surface area contributed by atoms with Crippen LogP contribution in [0.15, 0.2) is 42.5 Å². The highest BCUT2D eigenvalue weighted by Crippen LogP contribution is 2.37. The quantitative estimate of drug-likeness (QED) is 0.922. The average Bonchev–Trinajstić information content (AvgIpc) is 2.59. The van der Waals surface area contributed by atoms with Crippen molar-refractivity contribution in [3.05, 3.63) is 53.6 Å². The summed E-state index contributed by atoms with van der Waals surface area (Å²) >= 11 is 0. The van der Waals surface area contributed by atoms with Gasteiger partial charge in [0.25, 0.3) is 0 Å². The van der Waals surface area contributed by atoms with Crippen LogP contribution < -0.4 is 19.9 Å². The van der Waals surface area contributed by atoms with Gasteiger partial charge in [0.2, 0.25) is 0 Å². The standard InChI is InChI=1S/C18H21NO3/c1-20-15-4-2-3-13(11-15)16(7-8-19)14-5-6-17-18(12-14)22-10-9-21-17/h2-6,11-12,16H,7-10,19H2,1H3. The van der Waals surface area contributed by atoms with Crippen LogP contribution in [0.1, 0.15) is 23.5 Å². The van der Waals surface area contributed by atoms with Crippen molar-refractivity contribution in [2.75, 3.05) is 26.9 Å². The molecular weight excluding hydrogens is 278 g/mol. The minimum absolute atomic E-state index is 0.218.